The van der Waals surface area contributed by atoms with Gasteiger partial charge in [-0.3, -0.25) is 4.79 Å². The summed E-state index contributed by atoms with van der Waals surface area (Å²) in [4.78, 5) is 15.3. The summed E-state index contributed by atoms with van der Waals surface area (Å²) in [6, 6.07) is 13.6. The zero-order valence-electron chi connectivity index (χ0n) is 13.8. The van der Waals surface area contributed by atoms with E-state index in [-0.39, 0.29) is 5.91 Å². The summed E-state index contributed by atoms with van der Waals surface area (Å²) in [5.74, 6) is 1.31. The van der Waals surface area contributed by atoms with Gasteiger partial charge in [-0.2, -0.15) is 0 Å². The molecule has 0 spiro atoms. The Kier molecular flexibility index (Phi) is 4.70. The zero-order valence-corrected chi connectivity index (χ0v) is 13.8. The molecule has 1 amide bonds. The van der Waals surface area contributed by atoms with E-state index >= 15 is 0 Å². The molecule has 0 fully saturated rings. The number of H-pyrrole nitrogens is 1. The van der Waals surface area contributed by atoms with Crippen LogP contribution in [0.15, 0.2) is 48.7 Å². The van der Waals surface area contributed by atoms with Gasteiger partial charge < -0.3 is 19.8 Å². The monoisotopic (exact) mass is 324 g/mol. The lowest BCUT2D eigenvalue weighted by Crippen LogP contribution is -2.24. The van der Waals surface area contributed by atoms with Gasteiger partial charge >= 0.3 is 0 Å². The summed E-state index contributed by atoms with van der Waals surface area (Å²) in [7, 11) is 3.19. The Hall–Kier alpha value is -2.95. The van der Waals surface area contributed by atoms with Crippen LogP contribution in [-0.2, 0) is 17.8 Å². The van der Waals surface area contributed by atoms with Crippen LogP contribution in [0.1, 0.15) is 11.1 Å². The highest BCUT2D eigenvalue weighted by atomic mass is 16.5. The summed E-state index contributed by atoms with van der Waals surface area (Å²) in [5, 5.41) is 4.08. The molecule has 0 bridgehead atoms. The number of carbonyl (C=O) groups is 1. The van der Waals surface area contributed by atoms with Crippen molar-refractivity contribution >= 4 is 16.8 Å². The van der Waals surface area contributed by atoms with Crippen molar-refractivity contribution in [3.8, 4) is 11.5 Å². The van der Waals surface area contributed by atoms with Crippen LogP contribution < -0.4 is 14.8 Å². The molecule has 1 aromatic heterocycles. The third-order valence-electron chi connectivity index (χ3n) is 3.92. The van der Waals surface area contributed by atoms with Gasteiger partial charge in [0.15, 0.2) is 11.5 Å². The van der Waals surface area contributed by atoms with Crippen molar-refractivity contribution in [3.63, 3.8) is 0 Å². The molecule has 1 heterocycles. The molecular weight excluding hydrogens is 304 g/mol. The molecule has 5 heteroatoms. The van der Waals surface area contributed by atoms with Crippen molar-refractivity contribution in [2.45, 2.75) is 13.0 Å². The Morgan fingerprint density at radius 1 is 1.00 bits per heavy atom. The Morgan fingerprint density at radius 2 is 1.79 bits per heavy atom. The summed E-state index contributed by atoms with van der Waals surface area (Å²) in [6.07, 6.45) is 2.24. The number of hydrogen-bond acceptors (Lipinski definition) is 3. The van der Waals surface area contributed by atoms with Gasteiger partial charge in [0.1, 0.15) is 0 Å². The van der Waals surface area contributed by atoms with Crippen molar-refractivity contribution in [1.82, 2.24) is 10.3 Å². The zero-order chi connectivity index (χ0) is 16.9. The van der Waals surface area contributed by atoms with Gasteiger partial charge in [0, 0.05) is 18.3 Å². The van der Waals surface area contributed by atoms with Crippen LogP contribution in [-0.4, -0.2) is 25.1 Å². The smallest absolute Gasteiger partial charge is 0.224 e. The van der Waals surface area contributed by atoms with E-state index in [4.69, 9.17) is 9.47 Å². The standard InChI is InChI=1S/C19H20N2O3/c1-23-17-6-4-14(10-18(17)24-2)12-21-19(22)11-13-3-5-15-7-8-20-16(15)9-13/h3-10,20H,11-12H2,1-2H3,(H,21,22). The molecule has 0 saturated heterocycles. The second-order valence-corrected chi connectivity index (χ2v) is 5.54. The van der Waals surface area contributed by atoms with Crippen molar-refractivity contribution in [3.05, 3.63) is 59.8 Å². The lowest BCUT2D eigenvalue weighted by Gasteiger charge is -2.10. The van der Waals surface area contributed by atoms with Crippen molar-refractivity contribution < 1.29 is 14.3 Å². The van der Waals surface area contributed by atoms with Crippen LogP contribution in [0.4, 0.5) is 0 Å². The molecule has 0 unspecified atom stereocenters. The van der Waals surface area contributed by atoms with Crippen LogP contribution in [0.3, 0.4) is 0 Å². The van der Waals surface area contributed by atoms with Crippen LogP contribution in [0, 0.1) is 0 Å². The largest absolute Gasteiger partial charge is 0.493 e. The van der Waals surface area contributed by atoms with E-state index in [1.807, 2.05) is 48.7 Å². The maximum Gasteiger partial charge on any atom is 0.224 e. The van der Waals surface area contributed by atoms with Gasteiger partial charge in [-0.05, 0) is 40.8 Å². The Morgan fingerprint density at radius 3 is 2.58 bits per heavy atom. The van der Waals surface area contributed by atoms with Gasteiger partial charge in [0.2, 0.25) is 5.91 Å². The molecule has 124 valence electrons. The van der Waals surface area contributed by atoms with E-state index in [0.717, 1.165) is 22.0 Å². The number of hydrogen-bond donors (Lipinski definition) is 2. The van der Waals surface area contributed by atoms with Gasteiger partial charge in [-0.1, -0.05) is 18.2 Å². The predicted octanol–water partition coefficient (Wildman–Crippen LogP) is 3.04. The SMILES string of the molecule is COc1ccc(CNC(=O)Cc2ccc3cc[nH]c3c2)cc1OC. The van der Waals surface area contributed by atoms with Crippen molar-refractivity contribution in [2.75, 3.05) is 14.2 Å². The van der Waals surface area contributed by atoms with E-state index in [9.17, 15) is 4.79 Å². The molecule has 0 aliphatic heterocycles. The maximum absolute atomic E-state index is 12.2. The highest BCUT2D eigenvalue weighted by Gasteiger charge is 2.07. The molecule has 3 rings (SSSR count). The number of aromatic nitrogens is 1. The summed E-state index contributed by atoms with van der Waals surface area (Å²) < 4.78 is 10.5. The maximum atomic E-state index is 12.2. The first-order chi connectivity index (χ1) is 11.7. The fourth-order valence-corrected chi connectivity index (χ4v) is 2.64. The first kappa shape index (κ1) is 15.9. The van der Waals surface area contributed by atoms with Crippen LogP contribution >= 0.6 is 0 Å². The van der Waals surface area contributed by atoms with Gasteiger partial charge in [0.05, 0.1) is 20.6 Å². The molecule has 0 aliphatic rings. The number of methoxy groups -OCH3 is 2. The van der Waals surface area contributed by atoms with Gasteiger partial charge in [-0.15, -0.1) is 0 Å². The van der Waals surface area contributed by atoms with E-state index in [1.54, 1.807) is 14.2 Å². The van der Waals surface area contributed by atoms with Gasteiger partial charge in [0.25, 0.3) is 0 Å². The number of ether oxygens (including phenoxy) is 2. The topological polar surface area (TPSA) is 63.3 Å². The Labute approximate surface area is 140 Å². The molecule has 0 atom stereocenters. The number of rotatable bonds is 6. The number of aromatic amines is 1. The van der Waals surface area contributed by atoms with Crippen molar-refractivity contribution in [2.24, 2.45) is 0 Å². The first-order valence-corrected chi connectivity index (χ1v) is 7.73. The average Bonchev–Trinajstić information content (AvgIpc) is 3.07. The number of benzene rings is 2. The molecule has 5 nitrogen and oxygen atoms in total. The minimum Gasteiger partial charge on any atom is -0.493 e. The molecule has 24 heavy (non-hydrogen) atoms. The van der Waals surface area contributed by atoms with E-state index in [2.05, 4.69) is 10.3 Å². The summed E-state index contributed by atoms with van der Waals surface area (Å²) >= 11 is 0. The number of carbonyl (C=O) groups excluding carboxylic acids is 1. The molecule has 3 aromatic rings. The van der Waals surface area contributed by atoms with E-state index < -0.39 is 0 Å². The van der Waals surface area contributed by atoms with E-state index in [1.165, 1.54) is 0 Å². The number of amides is 1. The highest BCUT2D eigenvalue weighted by Crippen LogP contribution is 2.27. The molecule has 0 aliphatic carbocycles. The molecule has 0 radical (unpaired) electrons. The highest BCUT2D eigenvalue weighted by molar-refractivity contribution is 5.83. The number of nitrogens with one attached hydrogen (secondary N) is 2. The molecular formula is C19H20N2O3. The normalized spacial score (nSPS) is 10.6. The average molecular weight is 324 g/mol. The molecule has 2 aromatic carbocycles. The fourth-order valence-electron chi connectivity index (χ4n) is 2.64. The minimum atomic E-state index is -0.0179. The predicted molar refractivity (Wildman–Crippen MR) is 93.4 cm³/mol. The summed E-state index contributed by atoms with van der Waals surface area (Å²) in [6.45, 7) is 0.448. The first-order valence-electron chi connectivity index (χ1n) is 7.73. The van der Waals surface area contributed by atoms with Crippen LogP contribution in [0.5, 0.6) is 11.5 Å². The third-order valence-corrected chi connectivity index (χ3v) is 3.92. The van der Waals surface area contributed by atoms with E-state index in [0.29, 0.717) is 24.5 Å². The van der Waals surface area contributed by atoms with Crippen LogP contribution in [0.25, 0.3) is 10.9 Å². The Balaban J connectivity index is 1.60. The van der Waals surface area contributed by atoms with Crippen LogP contribution in [0.2, 0.25) is 0 Å². The minimum absolute atomic E-state index is 0.0179. The quantitative estimate of drug-likeness (QED) is 0.732. The lowest BCUT2D eigenvalue weighted by molar-refractivity contribution is -0.120. The summed E-state index contributed by atoms with van der Waals surface area (Å²) in [5.41, 5.74) is 2.98. The van der Waals surface area contributed by atoms with Crippen molar-refractivity contribution in [1.29, 1.82) is 0 Å². The third kappa shape index (κ3) is 3.51. The second-order valence-electron chi connectivity index (χ2n) is 5.54. The fraction of sp³-hybridized carbons (Fsp3) is 0.211. The Bertz CT molecular complexity index is 855. The lowest BCUT2D eigenvalue weighted by atomic mass is 10.1. The molecule has 2 N–H and O–H groups in total. The van der Waals surface area contributed by atoms with Gasteiger partial charge in [-0.25, -0.2) is 0 Å². The number of fused-ring (bicyclic) bond motifs is 1. The molecule has 0 saturated carbocycles. The second kappa shape index (κ2) is 7.08.